The highest BCUT2D eigenvalue weighted by molar-refractivity contribution is 7.98. The Labute approximate surface area is 99.8 Å². The van der Waals surface area contributed by atoms with Crippen LogP contribution in [0.1, 0.15) is 39.5 Å². The Hall–Kier alpha value is 0.310. The van der Waals surface area contributed by atoms with Crippen molar-refractivity contribution in [1.29, 1.82) is 0 Å². The van der Waals surface area contributed by atoms with Gasteiger partial charge in [0, 0.05) is 0 Å². The van der Waals surface area contributed by atoms with Gasteiger partial charge in [-0.15, -0.1) is 0 Å². The lowest BCUT2D eigenvalue weighted by atomic mass is 9.66. The first-order chi connectivity index (χ1) is 7.09. The zero-order chi connectivity index (χ0) is 11.3. The Bertz CT molecular complexity index is 179. The first-order valence-corrected chi connectivity index (χ1v) is 7.62. The van der Waals surface area contributed by atoms with E-state index in [1.807, 2.05) is 11.8 Å². The van der Waals surface area contributed by atoms with Crippen molar-refractivity contribution in [2.24, 2.45) is 17.3 Å². The second kappa shape index (κ2) is 6.15. The van der Waals surface area contributed by atoms with Crippen molar-refractivity contribution in [2.75, 3.05) is 25.6 Å². The fraction of sp³-hybridized carbons (Fsp3) is 1.00. The molecule has 0 heterocycles. The molecule has 0 bridgehead atoms. The lowest BCUT2D eigenvalue weighted by molar-refractivity contribution is 0.115. The molecule has 2 unspecified atom stereocenters. The van der Waals surface area contributed by atoms with E-state index in [4.69, 9.17) is 0 Å². The van der Waals surface area contributed by atoms with Crippen molar-refractivity contribution in [2.45, 2.75) is 39.5 Å². The zero-order valence-electron chi connectivity index (χ0n) is 10.8. The molecule has 90 valence electrons. The highest BCUT2D eigenvalue weighted by Crippen LogP contribution is 2.43. The SMILES string of the molecule is CNCC1CCC(C)(C)CC1CCSC. The molecule has 0 spiro atoms. The van der Waals surface area contributed by atoms with Gasteiger partial charge >= 0.3 is 0 Å². The van der Waals surface area contributed by atoms with Crippen LogP contribution in [0.3, 0.4) is 0 Å². The van der Waals surface area contributed by atoms with Crippen LogP contribution >= 0.6 is 11.8 Å². The largest absolute Gasteiger partial charge is 0.319 e. The highest BCUT2D eigenvalue weighted by Gasteiger charge is 2.33. The Morgan fingerprint density at radius 2 is 2.07 bits per heavy atom. The molecule has 1 saturated carbocycles. The minimum atomic E-state index is 0.591. The van der Waals surface area contributed by atoms with E-state index in [0.29, 0.717) is 5.41 Å². The molecule has 1 aliphatic rings. The fourth-order valence-corrected chi connectivity index (χ4v) is 3.47. The van der Waals surface area contributed by atoms with Crippen molar-refractivity contribution in [3.05, 3.63) is 0 Å². The maximum atomic E-state index is 3.36. The van der Waals surface area contributed by atoms with Gasteiger partial charge in [0.05, 0.1) is 0 Å². The molecule has 1 rings (SSSR count). The van der Waals surface area contributed by atoms with Gasteiger partial charge in [-0.25, -0.2) is 0 Å². The summed E-state index contributed by atoms with van der Waals surface area (Å²) in [5.74, 6) is 3.21. The first-order valence-electron chi connectivity index (χ1n) is 6.22. The van der Waals surface area contributed by atoms with Crippen molar-refractivity contribution >= 4 is 11.8 Å². The molecule has 15 heavy (non-hydrogen) atoms. The summed E-state index contributed by atoms with van der Waals surface area (Å²) >= 11 is 2.00. The molecule has 0 aromatic heterocycles. The molecule has 0 saturated heterocycles. The van der Waals surface area contributed by atoms with E-state index >= 15 is 0 Å². The Kier molecular flexibility index (Phi) is 5.48. The van der Waals surface area contributed by atoms with E-state index < -0.39 is 0 Å². The van der Waals surface area contributed by atoms with Crippen LogP contribution < -0.4 is 5.32 Å². The van der Waals surface area contributed by atoms with Crippen molar-refractivity contribution < 1.29 is 0 Å². The Morgan fingerprint density at radius 3 is 2.67 bits per heavy atom. The summed E-state index contributed by atoms with van der Waals surface area (Å²) in [6.45, 7) is 6.10. The second-order valence-electron chi connectivity index (χ2n) is 5.77. The quantitative estimate of drug-likeness (QED) is 0.775. The van der Waals surface area contributed by atoms with Gasteiger partial charge in [-0.05, 0) is 68.5 Å². The van der Waals surface area contributed by atoms with E-state index in [1.165, 1.54) is 38.0 Å². The van der Waals surface area contributed by atoms with E-state index in [-0.39, 0.29) is 0 Å². The summed E-state index contributed by atoms with van der Waals surface area (Å²) in [6.07, 6.45) is 7.90. The monoisotopic (exact) mass is 229 g/mol. The summed E-state index contributed by atoms with van der Waals surface area (Å²) in [7, 11) is 2.09. The molecule has 2 heteroatoms. The maximum absolute atomic E-state index is 3.36. The molecule has 0 aliphatic heterocycles. The molecular formula is C13H27NS. The van der Waals surface area contributed by atoms with Crippen LogP contribution in [-0.4, -0.2) is 25.6 Å². The summed E-state index contributed by atoms with van der Waals surface area (Å²) in [5.41, 5.74) is 0.591. The smallest absolute Gasteiger partial charge is 0.00209 e. The molecule has 1 fully saturated rings. The van der Waals surface area contributed by atoms with E-state index in [2.05, 4.69) is 32.5 Å². The topological polar surface area (TPSA) is 12.0 Å². The van der Waals surface area contributed by atoms with Gasteiger partial charge in [0.25, 0.3) is 0 Å². The third kappa shape index (κ3) is 4.36. The van der Waals surface area contributed by atoms with Crippen molar-refractivity contribution in [1.82, 2.24) is 5.32 Å². The molecule has 0 amide bonds. The highest BCUT2D eigenvalue weighted by atomic mass is 32.2. The van der Waals surface area contributed by atoms with Gasteiger partial charge in [-0.3, -0.25) is 0 Å². The molecule has 0 radical (unpaired) electrons. The first kappa shape index (κ1) is 13.4. The molecule has 2 atom stereocenters. The van der Waals surface area contributed by atoms with Crippen LogP contribution in [0.2, 0.25) is 0 Å². The number of hydrogen-bond donors (Lipinski definition) is 1. The molecule has 1 N–H and O–H groups in total. The van der Waals surface area contributed by atoms with Crippen molar-refractivity contribution in [3.63, 3.8) is 0 Å². The minimum absolute atomic E-state index is 0.591. The minimum Gasteiger partial charge on any atom is -0.319 e. The number of rotatable bonds is 5. The number of nitrogens with one attached hydrogen (secondary N) is 1. The molecular weight excluding hydrogens is 202 g/mol. The fourth-order valence-electron chi connectivity index (χ4n) is 2.93. The van der Waals surface area contributed by atoms with Gasteiger partial charge in [0.2, 0.25) is 0 Å². The second-order valence-corrected chi connectivity index (χ2v) is 6.75. The predicted octanol–water partition coefficient (Wildman–Crippen LogP) is 3.40. The molecule has 0 aromatic carbocycles. The number of thioether (sulfide) groups is 1. The van der Waals surface area contributed by atoms with E-state index in [1.54, 1.807) is 0 Å². The van der Waals surface area contributed by atoms with Gasteiger partial charge in [0.1, 0.15) is 0 Å². The van der Waals surface area contributed by atoms with Gasteiger partial charge < -0.3 is 5.32 Å². The standard InChI is InChI=1S/C13H27NS/c1-13(2)7-5-12(10-14-3)11(9-13)6-8-15-4/h11-12,14H,5-10H2,1-4H3. The van der Waals surface area contributed by atoms with Crippen LogP contribution in [0.5, 0.6) is 0 Å². The summed E-state index contributed by atoms with van der Waals surface area (Å²) in [6, 6.07) is 0. The third-order valence-corrected chi connectivity index (χ3v) is 4.48. The van der Waals surface area contributed by atoms with Gasteiger partial charge in [0.15, 0.2) is 0 Å². The lowest BCUT2D eigenvalue weighted by Crippen LogP contribution is -2.35. The third-order valence-electron chi connectivity index (χ3n) is 3.83. The van der Waals surface area contributed by atoms with Gasteiger partial charge in [-0.2, -0.15) is 11.8 Å². The maximum Gasteiger partial charge on any atom is -0.00209 e. The van der Waals surface area contributed by atoms with E-state index in [0.717, 1.165) is 11.8 Å². The zero-order valence-corrected chi connectivity index (χ0v) is 11.6. The lowest BCUT2D eigenvalue weighted by Gasteiger charge is -2.41. The Morgan fingerprint density at radius 1 is 1.33 bits per heavy atom. The van der Waals surface area contributed by atoms with Crippen LogP contribution in [-0.2, 0) is 0 Å². The molecule has 1 aliphatic carbocycles. The van der Waals surface area contributed by atoms with Crippen LogP contribution in [0.15, 0.2) is 0 Å². The summed E-state index contributed by atoms with van der Waals surface area (Å²) in [4.78, 5) is 0. The molecule has 0 aromatic rings. The predicted molar refractivity (Wildman–Crippen MR) is 71.5 cm³/mol. The average molecular weight is 229 g/mol. The molecule has 1 nitrogen and oxygen atoms in total. The summed E-state index contributed by atoms with van der Waals surface area (Å²) < 4.78 is 0. The van der Waals surface area contributed by atoms with Crippen molar-refractivity contribution in [3.8, 4) is 0 Å². The van der Waals surface area contributed by atoms with Crippen LogP contribution in [0, 0.1) is 17.3 Å². The average Bonchev–Trinajstić information content (AvgIpc) is 2.18. The van der Waals surface area contributed by atoms with Crippen LogP contribution in [0.25, 0.3) is 0 Å². The Balaban J connectivity index is 2.48. The van der Waals surface area contributed by atoms with Crippen LogP contribution in [0.4, 0.5) is 0 Å². The van der Waals surface area contributed by atoms with E-state index in [9.17, 15) is 0 Å². The number of hydrogen-bond acceptors (Lipinski definition) is 2. The normalized spacial score (nSPS) is 30.4. The van der Waals surface area contributed by atoms with Gasteiger partial charge in [-0.1, -0.05) is 13.8 Å². The summed E-state index contributed by atoms with van der Waals surface area (Å²) in [5, 5.41) is 3.36.